The topological polar surface area (TPSA) is 35.8 Å². The van der Waals surface area contributed by atoms with Gasteiger partial charge in [0.15, 0.2) is 0 Å². The predicted octanol–water partition coefficient (Wildman–Crippen LogP) is 3.34. The molecule has 0 bridgehead atoms. The van der Waals surface area contributed by atoms with Crippen molar-refractivity contribution in [2.45, 2.75) is 39.2 Å². The van der Waals surface area contributed by atoms with Crippen molar-refractivity contribution in [3.8, 4) is 6.07 Å². The summed E-state index contributed by atoms with van der Waals surface area (Å²) in [5.41, 5.74) is 2.70. The molecule has 0 saturated carbocycles. The molecule has 1 aromatic carbocycles. The Labute approximate surface area is 98.3 Å². The smallest absolute Gasteiger partial charge is 0.0621 e. The van der Waals surface area contributed by atoms with Crippen molar-refractivity contribution in [2.75, 3.05) is 6.54 Å². The maximum atomic E-state index is 8.42. The lowest BCUT2D eigenvalue weighted by atomic mass is 10.0. The van der Waals surface area contributed by atoms with Gasteiger partial charge in [0.05, 0.1) is 6.07 Å². The summed E-state index contributed by atoms with van der Waals surface area (Å²) < 4.78 is 0. The molecule has 16 heavy (non-hydrogen) atoms. The monoisotopic (exact) mass is 216 g/mol. The van der Waals surface area contributed by atoms with Gasteiger partial charge >= 0.3 is 0 Å². The summed E-state index contributed by atoms with van der Waals surface area (Å²) >= 11 is 0. The molecule has 0 amide bonds. The van der Waals surface area contributed by atoms with Crippen molar-refractivity contribution in [3.63, 3.8) is 0 Å². The SMILES string of the molecule is Cc1ccccc1[C@H](C)NCCCCC#N. The molecule has 1 N–H and O–H groups in total. The molecule has 0 aromatic heterocycles. The van der Waals surface area contributed by atoms with E-state index in [-0.39, 0.29) is 0 Å². The van der Waals surface area contributed by atoms with Gasteiger partial charge in [-0.1, -0.05) is 24.3 Å². The second-order valence-electron chi connectivity index (χ2n) is 4.15. The maximum absolute atomic E-state index is 8.42. The van der Waals surface area contributed by atoms with Gasteiger partial charge in [0.25, 0.3) is 0 Å². The van der Waals surface area contributed by atoms with Crippen molar-refractivity contribution >= 4 is 0 Å². The summed E-state index contributed by atoms with van der Waals surface area (Å²) in [7, 11) is 0. The Morgan fingerprint density at radius 3 is 2.75 bits per heavy atom. The van der Waals surface area contributed by atoms with Crippen LogP contribution >= 0.6 is 0 Å². The van der Waals surface area contributed by atoms with E-state index in [1.807, 2.05) is 0 Å². The van der Waals surface area contributed by atoms with Crippen LogP contribution in [0.2, 0.25) is 0 Å². The molecule has 0 saturated heterocycles. The van der Waals surface area contributed by atoms with E-state index in [2.05, 4.69) is 49.5 Å². The van der Waals surface area contributed by atoms with Gasteiger partial charge in [-0.15, -0.1) is 0 Å². The molecule has 0 fully saturated rings. The van der Waals surface area contributed by atoms with Crippen molar-refractivity contribution in [1.29, 1.82) is 5.26 Å². The minimum Gasteiger partial charge on any atom is -0.310 e. The third kappa shape index (κ3) is 4.04. The van der Waals surface area contributed by atoms with Crippen LogP contribution in [0.1, 0.15) is 43.4 Å². The molecule has 86 valence electrons. The first-order valence-electron chi connectivity index (χ1n) is 5.91. The van der Waals surface area contributed by atoms with E-state index >= 15 is 0 Å². The van der Waals surface area contributed by atoms with E-state index in [1.54, 1.807) is 0 Å². The lowest BCUT2D eigenvalue weighted by Crippen LogP contribution is -2.20. The molecule has 0 unspecified atom stereocenters. The van der Waals surface area contributed by atoms with E-state index < -0.39 is 0 Å². The fourth-order valence-electron chi connectivity index (χ4n) is 1.83. The Morgan fingerprint density at radius 1 is 1.31 bits per heavy atom. The number of benzene rings is 1. The fourth-order valence-corrected chi connectivity index (χ4v) is 1.83. The third-order valence-corrected chi connectivity index (χ3v) is 2.82. The number of nitriles is 1. The largest absolute Gasteiger partial charge is 0.310 e. The van der Waals surface area contributed by atoms with Crippen LogP contribution in [-0.4, -0.2) is 6.54 Å². The van der Waals surface area contributed by atoms with Gasteiger partial charge in [0.2, 0.25) is 0 Å². The van der Waals surface area contributed by atoms with Crippen LogP contribution in [0.3, 0.4) is 0 Å². The molecule has 2 nitrogen and oxygen atoms in total. The Bertz CT molecular complexity index is 352. The zero-order chi connectivity index (χ0) is 11.8. The molecule has 2 heteroatoms. The van der Waals surface area contributed by atoms with Crippen LogP contribution in [0.4, 0.5) is 0 Å². The molecule has 0 aliphatic heterocycles. The Morgan fingerprint density at radius 2 is 2.06 bits per heavy atom. The minimum atomic E-state index is 0.392. The molecule has 1 rings (SSSR count). The van der Waals surface area contributed by atoms with Gasteiger partial charge < -0.3 is 5.32 Å². The number of rotatable bonds is 6. The second kappa shape index (κ2) is 7.03. The summed E-state index contributed by atoms with van der Waals surface area (Å²) in [5.74, 6) is 0. The zero-order valence-electron chi connectivity index (χ0n) is 10.2. The molecular formula is C14H20N2. The molecule has 0 aliphatic carbocycles. The minimum absolute atomic E-state index is 0.392. The summed E-state index contributed by atoms with van der Waals surface area (Å²) in [6.07, 6.45) is 2.73. The summed E-state index contributed by atoms with van der Waals surface area (Å²) in [4.78, 5) is 0. The standard InChI is InChI=1S/C14H20N2/c1-12-8-4-5-9-14(12)13(2)16-11-7-3-6-10-15/h4-5,8-9,13,16H,3,6-7,11H2,1-2H3/t13-/m0/s1. The van der Waals surface area contributed by atoms with E-state index in [9.17, 15) is 0 Å². The number of hydrogen-bond acceptors (Lipinski definition) is 2. The molecular weight excluding hydrogens is 196 g/mol. The van der Waals surface area contributed by atoms with Crippen molar-refractivity contribution < 1.29 is 0 Å². The maximum Gasteiger partial charge on any atom is 0.0621 e. The first kappa shape index (κ1) is 12.7. The van der Waals surface area contributed by atoms with Gasteiger partial charge in [-0.25, -0.2) is 0 Å². The Hall–Kier alpha value is -1.33. The average molecular weight is 216 g/mol. The highest BCUT2D eigenvalue weighted by molar-refractivity contribution is 5.28. The van der Waals surface area contributed by atoms with E-state index in [0.29, 0.717) is 12.5 Å². The summed E-state index contributed by atoms with van der Waals surface area (Å²) in [6.45, 7) is 5.31. The Balaban J connectivity index is 2.33. The molecule has 0 aliphatic rings. The van der Waals surface area contributed by atoms with Gasteiger partial charge in [-0.05, 0) is 44.4 Å². The van der Waals surface area contributed by atoms with E-state index in [4.69, 9.17) is 5.26 Å². The molecule has 1 atom stereocenters. The molecule has 1 aromatic rings. The van der Waals surface area contributed by atoms with Gasteiger partial charge in [0, 0.05) is 12.5 Å². The number of nitrogens with zero attached hydrogens (tertiary/aromatic N) is 1. The van der Waals surface area contributed by atoms with Crippen LogP contribution in [0.25, 0.3) is 0 Å². The molecule has 0 heterocycles. The van der Waals surface area contributed by atoms with Crippen LogP contribution in [-0.2, 0) is 0 Å². The second-order valence-corrected chi connectivity index (χ2v) is 4.15. The van der Waals surface area contributed by atoms with Gasteiger partial charge in [-0.2, -0.15) is 5.26 Å². The van der Waals surface area contributed by atoms with Gasteiger partial charge in [-0.3, -0.25) is 0 Å². The van der Waals surface area contributed by atoms with Crippen LogP contribution < -0.4 is 5.32 Å². The zero-order valence-corrected chi connectivity index (χ0v) is 10.2. The fraction of sp³-hybridized carbons (Fsp3) is 0.500. The van der Waals surface area contributed by atoms with Gasteiger partial charge in [0.1, 0.15) is 0 Å². The quantitative estimate of drug-likeness (QED) is 0.740. The summed E-state index contributed by atoms with van der Waals surface area (Å²) in [5, 5.41) is 11.9. The van der Waals surface area contributed by atoms with E-state index in [1.165, 1.54) is 11.1 Å². The number of aryl methyl sites for hydroxylation is 1. The third-order valence-electron chi connectivity index (χ3n) is 2.82. The van der Waals surface area contributed by atoms with E-state index in [0.717, 1.165) is 19.4 Å². The highest BCUT2D eigenvalue weighted by Gasteiger charge is 2.05. The van der Waals surface area contributed by atoms with Crippen LogP contribution in [0, 0.1) is 18.3 Å². The lowest BCUT2D eigenvalue weighted by Gasteiger charge is -2.16. The highest BCUT2D eigenvalue weighted by atomic mass is 14.9. The molecule has 0 spiro atoms. The predicted molar refractivity (Wildman–Crippen MR) is 67.1 cm³/mol. The Kier molecular flexibility index (Phi) is 5.60. The first-order chi connectivity index (χ1) is 7.75. The summed E-state index contributed by atoms with van der Waals surface area (Å²) in [6, 6.07) is 11.0. The lowest BCUT2D eigenvalue weighted by molar-refractivity contribution is 0.547. The number of nitrogens with one attached hydrogen (secondary N) is 1. The van der Waals surface area contributed by atoms with Crippen molar-refractivity contribution in [2.24, 2.45) is 0 Å². The highest BCUT2D eigenvalue weighted by Crippen LogP contribution is 2.16. The normalized spacial score (nSPS) is 12.1. The van der Waals surface area contributed by atoms with Crippen LogP contribution in [0.15, 0.2) is 24.3 Å². The first-order valence-corrected chi connectivity index (χ1v) is 5.91. The average Bonchev–Trinajstić information content (AvgIpc) is 2.29. The number of unbranched alkanes of at least 4 members (excludes halogenated alkanes) is 2. The molecule has 0 radical (unpaired) electrons. The van der Waals surface area contributed by atoms with Crippen molar-refractivity contribution in [3.05, 3.63) is 35.4 Å². The van der Waals surface area contributed by atoms with Crippen LogP contribution in [0.5, 0.6) is 0 Å². The van der Waals surface area contributed by atoms with Crippen molar-refractivity contribution in [1.82, 2.24) is 5.32 Å². The number of hydrogen-bond donors (Lipinski definition) is 1.